The van der Waals surface area contributed by atoms with Crippen LogP contribution in [-0.2, 0) is 19.5 Å². The van der Waals surface area contributed by atoms with E-state index in [-0.39, 0.29) is 5.56 Å². The van der Waals surface area contributed by atoms with E-state index in [9.17, 15) is 4.79 Å². The molecule has 30 heavy (non-hydrogen) atoms. The molecule has 0 unspecified atom stereocenters. The van der Waals surface area contributed by atoms with E-state index in [1.54, 1.807) is 0 Å². The number of pyridine rings is 1. The lowest BCUT2D eigenvalue weighted by Gasteiger charge is -2.27. The molecule has 2 aliphatic rings. The second-order valence-corrected chi connectivity index (χ2v) is 8.12. The Morgan fingerprint density at radius 1 is 1.23 bits per heavy atom. The Kier molecular flexibility index (Phi) is 5.09. The fraction of sp³-hybridized carbons (Fsp3) is 0.375. The van der Waals surface area contributed by atoms with Gasteiger partial charge in [-0.2, -0.15) is 0 Å². The van der Waals surface area contributed by atoms with Gasteiger partial charge in [0.25, 0.3) is 5.56 Å². The third-order valence-corrected chi connectivity index (χ3v) is 5.80. The minimum absolute atomic E-state index is 0.0363. The van der Waals surface area contributed by atoms with Crippen molar-refractivity contribution in [2.75, 3.05) is 13.2 Å². The van der Waals surface area contributed by atoms with E-state index in [0.29, 0.717) is 19.1 Å². The van der Waals surface area contributed by atoms with Crippen molar-refractivity contribution < 1.29 is 4.74 Å². The molecule has 0 spiro atoms. The number of benzene rings is 1. The molecule has 0 radical (unpaired) electrons. The molecule has 0 saturated heterocycles. The second kappa shape index (κ2) is 8.03. The van der Waals surface area contributed by atoms with Gasteiger partial charge in [-0.15, -0.1) is 0 Å². The van der Waals surface area contributed by atoms with E-state index in [4.69, 9.17) is 9.72 Å². The fourth-order valence-corrected chi connectivity index (χ4v) is 4.04. The summed E-state index contributed by atoms with van der Waals surface area (Å²) in [6.45, 7) is 4.95. The second-order valence-electron chi connectivity index (χ2n) is 8.12. The van der Waals surface area contributed by atoms with Crippen LogP contribution in [0.3, 0.4) is 0 Å². The number of hydrogen-bond acceptors (Lipinski definition) is 5. The fourth-order valence-electron chi connectivity index (χ4n) is 4.04. The Labute approximate surface area is 176 Å². The molecule has 1 aliphatic carbocycles. The third kappa shape index (κ3) is 4.00. The van der Waals surface area contributed by atoms with Crippen molar-refractivity contribution >= 4 is 0 Å². The molecule has 0 bridgehead atoms. The summed E-state index contributed by atoms with van der Waals surface area (Å²) in [4.78, 5) is 27.2. The van der Waals surface area contributed by atoms with Crippen molar-refractivity contribution in [1.29, 1.82) is 0 Å². The van der Waals surface area contributed by atoms with Gasteiger partial charge >= 0.3 is 0 Å². The van der Waals surface area contributed by atoms with Crippen molar-refractivity contribution in [1.82, 2.24) is 19.9 Å². The highest BCUT2D eigenvalue weighted by Gasteiger charge is 2.29. The molecule has 1 aliphatic heterocycles. The zero-order valence-electron chi connectivity index (χ0n) is 17.2. The number of hydrogen-bond donors (Lipinski definition) is 1. The normalized spacial score (nSPS) is 16.3. The maximum Gasteiger partial charge on any atom is 0.255 e. The number of rotatable bonds is 6. The van der Waals surface area contributed by atoms with Crippen LogP contribution in [0.15, 0.2) is 47.4 Å². The number of aromatic amines is 1. The molecular formula is C24H26N4O2. The predicted molar refractivity (Wildman–Crippen MR) is 115 cm³/mol. The van der Waals surface area contributed by atoms with Crippen LogP contribution >= 0.6 is 0 Å². The molecular weight excluding hydrogens is 376 g/mol. The summed E-state index contributed by atoms with van der Waals surface area (Å²) in [7, 11) is 0. The summed E-state index contributed by atoms with van der Waals surface area (Å²) < 4.78 is 5.59. The van der Waals surface area contributed by atoms with E-state index >= 15 is 0 Å². The van der Waals surface area contributed by atoms with Gasteiger partial charge in [-0.1, -0.05) is 18.2 Å². The molecule has 1 aromatic carbocycles. The van der Waals surface area contributed by atoms with Crippen molar-refractivity contribution in [3.05, 3.63) is 75.6 Å². The molecule has 1 saturated carbocycles. The average Bonchev–Trinajstić information content (AvgIpc) is 3.61. The summed E-state index contributed by atoms with van der Waals surface area (Å²) >= 11 is 0. The van der Waals surface area contributed by atoms with Gasteiger partial charge in [0.15, 0.2) is 0 Å². The van der Waals surface area contributed by atoms with E-state index < -0.39 is 0 Å². The monoisotopic (exact) mass is 402 g/mol. The first-order valence-electron chi connectivity index (χ1n) is 10.7. The number of nitrogens with one attached hydrogen (secondary N) is 1. The summed E-state index contributed by atoms with van der Waals surface area (Å²) in [6, 6.07) is 12.2. The Morgan fingerprint density at radius 2 is 2.13 bits per heavy atom. The van der Waals surface area contributed by atoms with Gasteiger partial charge in [0.05, 0.1) is 23.6 Å². The quantitative estimate of drug-likeness (QED) is 0.681. The van der Waals surface area contributed by atoms with Gasteiger partial charge in [0.1, 0.15) is 11.6 Å². The molecule has 0 amide bonds. The van der Waals surface area contributed by atoms with Crippen LogP contribution in [0.2, 0.25) is 0 Å². The molecule has 5 rings (SSSR count). The maximum atomic E-state index is 12.5. The molecule has 154 valence electrons. The van der Waals surface area contributed by atoms with Gasteiger partial charge in [0.2, 0.25) is 0 Å². The van der Waals surface area contributed by atoms with Gasteiger partial charge in [-0.3, -0.25) is 14.7 Å². The highest BCUT2D eigenvalue weighted by atomic mass is 16.5. The molecule has 6 nitrogen and oxygen atoms in total. The number of aromatic nitrogens is 3. The molecule has 2 aromatic heterocycles. The summed E-state index contributed by atoms with van der Waals surface area (Å²) in [5.41, 5.74) is 4.96. The molecule has 3 aromatic rings. The highest BCUT2D eigenvalue weighted by Crippen LogP contribution is 2.37. The van der Waals surface area contributed by atoms with Gasteiger partial charge < -0.3 is 9.72 Å². The van der Waals surface area contributed by atoms with Crippen LogP contribution in [0.1, 0.15) is 48.3 Å². The van der Waals surface area contributed by atoms with E-state index in [1.807, 2.05) is 37.4 Å². The first-order valence-corrected chi connectivity index (χ1v) is 10.7. The largest absolute Gasteiger partial charge is 0.494 e. The minimum atomic E-state index is 0.0363. The molecule has 6 heteroatoms. The van der Waals surface area contributed by atoms with E-state index in [0.717, 1.165) is 72.0 Å². The zero-order chi connectivity index (χ0) is 20.5. The number of nitrogens with zero attached hydrogens (tertiary/aromatic N) is 3. The van der Waals surface area contributed by atoms with Gasteiger partial charge in [-0.25, -0.2) is 4.98 Å². The van der Waals surface area contributed by atoms with Crippen molar-refractivity contribution in [3.63, 3.8) is 0 Å². The van der Waals surface area contributed by atoms with Crippen LogP contribution in [0.25, 0.3) is 11.3 Å². The SMILES string of the molecule is CCOc1cccc(-c2ccc(CN3CCc4nc(C5CC5)[nH]c(=O)c4C3)cn2)c1. The Bertz CT molecular complexity index is 1100. The molecule has 1 fully saturated rings. The average molecular weight is 402 g/mol. The van der Waals surface area contributed by atoms with Crippen molar-refractivity contribution in [2.45, 2.75) is 45.2 Å². The number of fused-ring (bicyclic) bond motifs is 1. The van der Waals surface area contributed by atoms with E-state index in [2.05, 4.69) is 27.0 Å². The lowest BCUT2D eigenvalue weighted by molar-refractivity contribution is 0.241. The van der Waals surface area contributed by atoms with Crippen LogP contribution in [0.4, 0.5) is 0 Å². The van der Waals surface area contributed by atoms with Gasteiger partial charge in [0, 0.05) is 43.7 Å². The number of H-pyrrole nitrogens is 1. The molecule has 0 atom stereocenters. The van der Waals surface area contributed by atoms with Crippen molar-refractivity contribution in [2.24, 2.45) is 0 Å². The first-order chi connectivity index (χ1) is 14.7. The summed E-state index contributed by atoms with van der Waals surface area (Å²) in [5, 5.41) is 0. The Balaban J connectivity index is 1.28. The minimum Gasteiger partial charge on any atom is -0.494 e. The zero-order valence-corrected chi connectivity index (χ0v) is 17.2. The number of ether oxygens (including phenoxy) is 1. The first kappa shape index (κ1) is 19.0. The predicted octanol–water partition coefficient (Wildman–Crippen LogP) is 3.67. The summed E-state index contributed by atoms with van der Waals surface area (Å²) in [6.07, 6.45) is 5.05. The van der Waals surface area contributed by atoms with Crippen LogP contribution < -0.4 is 10.3 Å². The maximum absolute atomic E-state index is 12.5. The van der Waals surface area contributed by atoms with E-state index in [1.165, 1.54) is 0 Å². The van der Waals surface area contributed by atoms with Gasteiger partial charge in [-0.05, 0) is 43.5 Å². The Hall–Kier alpha value is -2.99. The van der Waals surface area contributed by atoms with Crippen molar-refractivity contribution in [3.8, 4) is 17.0 Å². The standard InChI is InChI=1S/C24H26N4O2/c1-2-30-19-5-3-4-18(12-19)21-9-6-16(13-25-21)14-28-11-10-22-20(15-28)24(29)27-23(26-22)17-7-8-17/h3-6,9,12-13,17H,2,7-8,10-11,14-15H2,1H3,(H,26,27,29). The molecule has 3 heterocycles. The van der Waals surface area contributed by atoms with Crippen LogP contribution in [-0.4, -0.2) is 33.0 Å². The van der Waals surface area contributed by atoms with Crippen LogP contribution in [0, 0.1) is 0 Å². The smallest absolute Gasteiger partial charge is 0.255 e. The Morgan fingerprint density at radius 3 is 2.90 bits per heavy atom. The van der Waals surface area contributed by atoms with Crippen LogP contribution in [0.5, 0.6) is 5.75 Å². The third-order valence-electron chi connectivity index (χ3n) is 5.80. The topological polar surface area (TPSA) is 71.1 Å². The lowest BCUT2D eigenvalue weighted by Crippen LogP contribution is -2.35. The summed E-state index contributed by atoms with van der Waals surface area (Å²) in [5.74, 6) is 2.22. The lowest BCUT2D eigenvalue weighted by atomic mass is 10.1. The molecule has 1 N–H and O–H groups in total. The highest BCUT2D eigenvalue weighted by molar-refractivity contribution is 5.61.